The second-order valence-electron chi connectivity index (χ2n) is 8.78. The molecule has 0 unspecified atom stereocenters. The first-order chi connectivity index (χ1) is 16.3. The van der Waals surface area contributed by atoms with Crippen LogP contribution in [0.3, 0.4) is 0 Å². The largest absolute Gasteiger partial charge is 0.401 e. The number of carbonyl (C=O) groups excluding carboxylic acids is 2. The number of hydrogen-bond donors (Lipinski definition) is 4. The zero-order valence-corrected chi connectivity index (χ0v) is 20.3. The van der Waals surface area contributed by atoms with E-state index in [1.807, 2.05) is 13.0 Å². The van der Waals surface area contributed by atoms with Gasteiger partial charge in [0.2, 0.25) is 5.91 Å². The first kappa shape index (κ1) is 25.2. The van der Waals surface area contributed by atoms with E-state index >= 15 is 0 Å². The SMILES string of the molecule is CCN(N)/C(=C(/C)N)c1ccc(NC(=O)[C@@H](NC(=O)c2ccnn2C)C2CCCCCC2)nc1. The molecule has 0 radical (unpaired) electrons. The number of aryl methyl sites for hydroxylation is 1. The molecule has 1 saturated carbocycles. The van der Waals surface area contributed by atoms with Crippen LogP contribution in [0.2, 0.25) is 0 Å². The van der Waals surface area contributed by atoms with Crippen LogP contribution in [0.1, 0.15) is 68.4 Å². The molecule has 0 bridgehead atoms. The molecule has 184 valence electrons. The molecule has 10 nitrogen and oxygen atoms in total. The number of hydrogen-bond acceptors (Lipinski definition) is 7. The summed E-state index contributed by atoms with van der Waals surface area (Å²) in [5.41, 5.74) is 8.44. The van der Waals surface area contributed by atoms with Gasteiger partial charge >= 0.3 is 0 Å². The maximum absolute atomic E-state index is 13.3. The zero-order chi connectivity index (χ0) is 24.7. The number of hydrazine groups is 1. The lowest BCUT2D eigenvalue weighted by molar-refractivity contribution is -0.119. The van der Waals surface area contributed by atoms with Gasteiger partial charge < -0.3 is 21.4 Å². The van der Waals surface area contributed by atoms with Gasteiger partial charge in [-0.2, -0.15) is 5.10 Å². The minimum Gasteiger partial charge on any atom is -0.401 e. The van der Waals surface area contributed by atoms with Gasteiger partial charge in [0.1, 0.15) is 17.6 Å². The van der Waals surface area contributed by atoms with Crippen molar-refractivity contribution in [1.29, 1.82) is 0 Å². The van der Waals surface area contributed by atoms with E-state index in [0.29, 0.717) is 29.5 Å². The van der Waals surface area contributed by atoms with Crippen LogP contribution in [0.4, 0.5) is 5.82 Å². The van der Waals surface area contributed by atoms with Crippen molar-refractivity contribution in [2.45, 2.75) is 58.4 Å². The molecule has 1 aliphatic rings. The molecule has 2 heterocycles. The highest BCUT2D eigenvalue weighted by atomic mass is 16.2. The van der Waals surface area contributed by atoms with Gasteiger partial charge in [-0.15, -0.1) is 0 Å². The van der Waals surface area contributed by atoms with Gasteiger partial charge in [0.05, 0.1) is 5.70 Å². The Labute approximate surface area is 200 Å². The van der Waals surface area contributed by atoms with Gasteiger partial charge in [-0.25, -0.2) is 10.8 Å². The van der Waals surface area contributed by atoms with Crippen LogP contribution in [-0.4, -0.2) is 44.2 Å². The molecule has 2 amide bonds. The van der Waals surface area contributed by atoms with Gasteiger partial charge in [0.25, 0.3) is 5.91 Å². The fourth-order valence-electron chi connectivity index (χ4n) is 4.44. The molecule has 0 spiro atoms. The molecule has 34 heavy (non-hydrogen) atoms. The highest BCUT2D eigenvalue weighted by molar-refractivity contribution is 6.00. The summed E-state index contributed by atoms with van der Waals surface area (Å²) in [6, 6.07) is 4.51. The van der Waals surface area contributed by atoms with Crippen molar-refractivity contribution in [2.24, 2.45) is 24.5 Å². The molecule has 3 rings (SSSR count). The zero-order valence-electron chi connectivity index (χ0n) is 20.3. The van der Waals surface area contributed by atoms with Crippen molar-refractivity contribution in [3.63, 3.8) is 0 Å². The van der Waals surface area contributed by atoms with Gasteiger partial charge in [0, 0.05) is 37.2 Å². The lowest BCUT2D eigenvalue weighted by Gasteiger charge is -2.26. The van der Waals surface area contributed by atoms with E-state index in [2.05, 4.69) is 20.7 Å². The lowest BCUT2D eigenvalue weighted by Crippen LogP contribution is -2.49. The van der Waals surface area contributed by atoms with Gasteiger partial charge in [-0.1, -0.05) is 25.7 Å². The highest BCUT2D eigenvalue weighted by Crippen LogP contribution is 2.27. The smallest absolute Gasteiger partial charge is 0.270 e. The molecule has 0 aromatic carbocycles. The Kier molecular flexibility index (Phi) is 8.64. The third-order valence-corrected chi connectivity index (χ3v) is 6.28. The third-order valence-electron chi connectivity index (χ3n) is 6.28. The summed E-state index contributed by atoms with van der Waals surface area (Å²) in [4.78, 5) is 30.6. The van der Waals surface area contributed by atoms with Crippen LogP contribution in [0.25, 0.3) is 5.70 Å². The van der Waals surface area contributed by atoms with Crippen LogP contribution in [-0.2, 0) is 11.8 Å². The standard InChI is InChI=1S/C24H36N8O2/c1-4-32(26)22(16(2)25)18-11-12-20(27-15-18)29-24(34)21(17-9-7-5-6-8-10-17)30-23(33)19-13-14-28-31(19)3/h11-15,17,21H,4-10,25-26H2,1-3H3,(H,30,33)(H,27,29,34)/b22-16-/t21-/m0/s1. The van der Waals surface area contributed by atoms with E-state index in [1.54, 1.807) is 43.5 Å². The van der Waals surface area contributed by atoms with Crippen molar-refractivity contribution >= 4 is 23.3 Å². The number of allylic oxidation sites excluding steroid dienone is 1. The van der Waals surface area contributed by atoms with E-state index in [0.717, 1.165) is 44.1 Å². The Balaban J connectivity index is 1.78. The summed E-state index contributed by atoms with van der Waals surface area (Å²) in [6.07, 6.45) is 9.37. The van der Waals surface area contributed by atoms with Crippen LogP contribution >= 0.6 is 0 Å². The first-order valence-electron chi connectivity index (χ1n) is 11.9. The van der Waals surface area contributed by atoms with Crippen molar-refractivity contribution in [1.82, 2.24) is 25.1 Å². The Bertz CT molecular complexity index is 1000. The predicted molar refractivity (Wildman–Crippen MR) is 132 cm³/mol. The minimum atomic E-state index is -0.664. The van der Waals surface area contributed by atoms with Crippen LogP contribution in [0.15, 0.2) is 36.3 Å². The Morgan fingerprint density at radius 1 is 1.21 bits per heavy atom. The average Bonchev–Trinajstić information content (AvgIpc) is 3.07. The Morgan fingerprint density at radius 2 is 1.91 bits per heavy atom. The van der Waals surface area contributed by atoms with Gasteiger partial charge in [-0.3, -0.25) is 14.3 Å². The number of nitrogens with zero attached hydrogens (tertiary/aromatic N) is 4. The van der Waals surface area contributed by atoms with Gasteiger partial charge in [-0.05, 0) is 50.8 Å². The number of aromatic nitrogens is 3. The second-order valence-corrected chi connectivity index (χ2v) is 8.78. The predicted octanol–water partition coefficient (Wildman–Crippen LogP) is 2.37. The van der Waals surface area contributed by atoms with Crippen LogP contribution in [0, 0.1) is 5.92 Å². The van der Waals surface area contributed by atoms with Crippen molar-refractivity contribution in [2.75, 3.05) is 11.9 Å². The molecule has 2 aromatic heterocycles. The summed E-state index contributed by atoms with van der Waals surface area (Å²) in [5, 5.41) is 11.5. The summed E-state index contributed by atoms with van der Waals surface area (Å²) < 4.78 is 1.50. The molecule has 1 atom stereocenters. The molecule has 10 heteroatoms. The fraction of sp³-hybridized carbons (Fsp3) is 0.500. The summed E-state index contributed by atoms with van der Waals surface area (Å²) >= 11 is 0. The quantitative estimate of drug-likeness (QED) is 0.264. The summed E-state index contributed by atoms with van der Waals surface area (Å²) in [7, 11) is 1.70. The monoisotopic (exact) mass is 468 g/mol. The van der Waals surface area contributed by atoms with E-state index in [9.17, 15) is 9.59 Å². The molecular formula is C24H36N8O2. The second kappa shape index (κ2) is 11.6. The number of amides is 2. The fourth-order valence-corrected chi connectivity index (χ4v) is 4.44. The molecule has 0 aliphatic heterocycles. The summed E-state index contributed by atoms with van der Waals surface area (Å²) in [5.74, 6) is 5.92. The van der Waals surface area contributed by atoms with Crippen molar-refractivity contribution in [3.8, 4) is 0 Å². The van der Waals surface area contributed by atoms with E-state index in [1.165, 1.54) is 4.68 Å². The normalized spacial score (nSPS) is 16.2. The molecule has 6 N–H and O–H groups in total. The number of nitrogens with two attached hydrogens (primary N) is 2. The van der Waals surface area contributed by atoms with E-state index in [-0.39, 0.29) is 17.7 Å². The maximum Gasteiger partial charge on any atom is 0.270 e. The summed E-state index contributed by atoms with van der Waals surface area (Å²) in [6.45, 7) is 4.29. The number of anilines is 1. The van der Waals surface area contributed by atoms with E-state index < -0.39 is 6.04 Å². The lowest BCUT2D eigenvalue weighted by atomic mass is 9.91. The molecule has 2 aromatic rings. The number of carbonyl (C=O) groups is 2. The molecule has 0 saturated heterocycles. The number of pyridine rings is 1. The van der Waals surface area contributed by atoms with Crippen LogP contribution in [0.5, 0.6) is 0 Å². The van der Waals surface area contributed by atoms with Crippen molar-refractivity contribution < 1.29 is 9.59 Å². The average molecular weight is 469 g/mol. The topological polar surface area (TPSA) is 144 Å². The van der Waals surface area contributed by atoms with E-state index in [4.69, 9.17) is 11.6 Å². The number of nitrogens with one attached hydrogen (secondary N) is 2. The first-order valence-corrected chi connectivity index (χ1v) is 11.9. The van der Waals surface area contributed by atoms with Gasteiger partial charge in [0.15, 0.2) is 0 Å². The highest BCUT2D eigenvalue weighted by Gasteiger charge is 2.31. The number of rotatable bonds is 8. The Hall–Kier alpha value is -3.40. The Morgan fingerprint density at radius 3 is 2.44 bits per heavy atom. The minimum absolute atomic E-state index is 0.0590. The maximum atomic E-state index is 13.3. The third kappa shape index (κ3) is 6.13. The van der Waals surface area contributed by atoms with Crippen molar-refractivity contribution in [3.05, 3.63) is 47.5 Å². The molecule has 1 aliphatic carbocycles. The molecular weight excluding hydrogens is 432 g/mol. The molecule has 1 fully saturated rings. The van der Waals surface area contributed by atoms with Crippen LogP contribution < -0.4 is 22.2 Å².